The van der Waals surface area contributed by atoms with Crippen molar-refractivity contribution in [1.82, 2.24) is 5.32 Å². The molecule has 0 spiro atoms. The fraction of sp³-hybridized carbons (Fsp3) is 0.385. The highest BCUT2D eigenvalue weighted by atomic mass is 35.5. The van der Waals surface area contributed by atoms with Gasteiger partial charge in [-0.25, -0.2) is 4.79 Å². The van der Waals surface area contributed by atoms with Crippen molar-refractivity contribution >= 4 is 45.9 Å². The van der Waals surface area contributed by atoms with Gasteiger partial charge in [-0.3, -0.25) is 10.1 Å². The maximum Gasteiger partial charge on any atom is 0.343 e. The molecule has 1 aliphatic heterocycles. The molecule has 1 aliphatic rings. The second-order valence-corrected chi connectivity index (χ2v) is 6.02. The quantitative estimate of drug-likeness (QED) is 0.670. The number of nitro groups is 1. The maximum absolute atomic E-state index is 11.7. The van der Waals surface area contributed by atoms with Crippen LogP contribution in [-0.2, 0) is 0 Å². The van der Waals surface area contributed by atoms with Crippen LogP contribution in [0, 0.1) is 10.1 Å². The van der Waals surface area contributed by atoms with E-state index in [2.05, 4.69) is 10.3 Å². The van der Waals surface area contributed by atoms with Gasteiger partial charge in [-0.1, -0.05) is 30.3 Å². The first-order valence-corrected chi connectivity index (χ1v) is 8.10. The monoisotopic (exact) mass is 342 g/mol. The molecular formula is C13H15ClN4O3S. The molecule has 1 saturated heterocycles. The van der Waals surface area contributed by atoms with E-state index < -0.39 is 11.0 Å². The molecule has 1 aromatic carbocycles. The van der Waals surface area contributed by atoms with E-state index in [-0.39, 0.29) is 5.69 Å². The molecule has 0 aliphatic carbocycles. The van der Waals surface area contributed by atoms with Crippen LogP contribution < -0.4 is 10.2 Å². The second-order valence-electron chi connectivity index (χ2n) is 4.52. The molecule has 0 saturated carbocycles. The van der Waals surface area contributed by atoms with Gasteiger partial charge in [0.15, 0.2) is 5.17 Å². The van der Waals surface area contributed by atoms with Crippen molar-refractivity contribution in [2.45, 2.75) is 13.3 Å². The van der Waals surface area contributed by atoms with Crippen LogP contribution in [0.3, 0.4) is 0 Å². The molecule has 0 unspecified atom stereocenters. The summed E-state index contributed by atoms with van der Waals surface area (Å²) in [6.45, 7) is 3.02. The molecule has 0 aromatic heterocycles. The van der Waals surface area contributed by atoms with E-state index in [4.69, 9.17) is 11.6 Å². The summed E-state index contributed by atoms with van der Waals surface area (Å²) < 4.78 is 0. The van der Waals surface area contributed by atoms with Gasteiger partial charge in [-0.2, -0.15) is 4.99 Å². The molecule has 0 radical (unpaired) electrons. The molecule has 22 heavy (non-hydrogen) atoms. The van der Waals surface area contributed by atoms with Crippen LogP contribution in [0.2, 0.25) is 5.02 Å². The number of nitrogens with one attached hydrogen (secondary N) is 1. The van der Waals surface area contributed by atoms with Gasteiger partial charge in [-0.05, 0) is 18.6 Å². The van der Waals surface area contributed by atoms with Gasteiger partial charge in [0, 0.05) is 29.9 Å². The van der Waals surface area contributed by atoms with Crippen LogP contribution in [0.15, 0.2) is 23.2 Å². The van der Waals surface area contributed by atoms with E-state index in [1.807, 2.05) is 6.92 Å². The Balaban J connectivity index is 2.31. The standard InChI is InChI=1S/C13H15ClN4O3S/c1-2-5-15-12(19)16-13-17(6-7-22-13)11-8-9(14)3-4-10(11)18(20)21/h3-4,8H,2,5-7H2,1H3,(H,15,19). The van der Waals surface area contributed by atoms with Crippen molar-refractivity contribution in [2.75, 3.05) is 23.7 Å². The zero-order chi connectivity index (χ0) is 16.1. The highest BCUT2D eigenvalue weighted by Gasteiger charge is 2.28. The minimum Gasteiger partial charge on any atom is -0.336 e. The Morgan fingerprint density at radius 1 is 1.59 bits per heavy atom. The average molecular weight is 343 g/mol. The fourth-order valence-electron chi connectivity index (χ4n) is 1.94. The van der Waals surface area contributed by atoms with E-state index in [0.29, 0.717) is 34.7 Å². The normalized spacial score (nSPS) is 16.1. The zero-order valence-electron chi connectivity index (χ0n) is 11.9. The predicted octanol–water partition coefficient (Wildman–Crippen LogP) is 3.28. The van der Waals surface area contributed by atoms with Gasteiger partial charge < -0.3 is 10.2 Å². The third-order valence-electron chi connectivity index (χ3n) is 2.93. The van der Waals surface area contributed by atoms with Crippen molar-refractivity contribution in [3.8, 4) is 0 Å². The Kier molecular flexibility index (Phi) is 5.62. The Hall–Kier alpha value is -1.80. The third-order valence-corrected chi connectivity index (χ3v) is 4.12. The fourth-order valence-corrected chi connectivity index (χ4v) is 3.06. The minimum atomic E-state index is -0.469. The lowest BCUT2D eigenvalue weighted by molar-refractivity contribution is -0.384. The van der Waals surface area contributed by atoms with Gasteiger partial charge in [0.1, 0.15) is 5.69 Å². The summed E-state index contributed by atoms with van der Waals surface area (Å²) in [5.41, 5.74) is 0.290. The molecule has 9 heteroatoms. The van der Waals surface area contributed by atoms with Gasteiger partial charge in [-0.15, -0.1) is 0 Å². The number of thioether (sulfide) groups is 1. The number of benzene rings is 1. The molecule has 2 rings (SSSR count). The number of hydrogen-bond donors (Lipinski definition) is 1. The largest absolute Gasteiger partial charge is 0.343 e. The summed E-state index contributed by atoms with van der Waals surface area (Å²) >= 11 is 7.33. The van der Waals surface area contributed by atoms with Gasteiger partial charge in [0.05, 0.1) is 4.92 Å². The highest BCUT2D eigenvalue weighted by Crippen LogP contribution is 2.35. The van der Waals surface area contributed by atoms with Crippen LogP contribution in [-0.4, -0.2) is 35.0 Å². The van der Waals surface area contributed by atoms with E-state index in [1.165, 1.54) is 30.0 Å². The van der Waals surface area contributed by atoms with Gasteiger partial charge in [0.2, 0.25) is 0 Å². The molecule has 0 atom stereocenters. The van der Waals surface area contributed by atoms with Gasteiger partial charge in [0.25, 0.3) is 5.69 Å². The Morgan fingerprint density at radius 3 is 3.05 bits per heavy atom. The number of aliphatic imine (C=N–C) groups is 1. The second kappa shape index (κ2) is 7.46. The first kappa shape index (κ1) is 16.6. The lowest BCUT2D eigenvalue weighted by Gasteiger charge is -2.17. The Bertz CT molecular complexity index is 623. The molecule has 1 aromatic rings. The number of rotatable bonds is 4. The third kappa shape index (κ3) is 3.89. The predicted molar refractivity (Wildman–Crippen MR) is 89.0 cm³/mol. The Morgan fingerprint density at radius 2 is 2.36 bits per heavy atom. The SMILES string of the molecule is CCCNC(=O)N=C1SCCN1c1cc(Cl)ccc1[N+](=O)[O-]. The molecular weight excluding hydrogens is 328 g/mol. The molecule has 2 amide bonds. The number of amides is 2. The zero-order valence-corrected chi connectivity index (χ0v) is 13.5. The summed E-state index contributed by atoms with van der Waals surface area (Å²) in [5.74, 6) is 0.698. The lowest BCUT2D eigenvalue weighted by atomic mass is 10.2. The summed E-state index contributed by atoms with van der Waals surface area (Å²) in [4.78, 5) is 28.1. The maximum atomic E-state index is 11.7. The first-order chi connectivity index (χ1) is 10.5. The number of urea groups is 1. The Labute approximate surface area is 136 Å². The highest BCUT2D eigenvalue weighted by molar-refractivity contribution is 8.14. The smallest absolute Gasteiger partial charge is 0.336 e. The van der Waals surface area contributed by atoms with Crippen molar-refractivity contribution < 1.29 is 9.72 Å². The van der Waals surface area contributed by atoms with Crippen molar-refractivity contribution in [2.24, 2.45) is 4.99 Å². The molecule has 0 bridgehead atoms. The molecule has 7 nitrogen and oxygen atoms in total. The molecule has 1 fully saturated rings. The molecule has 118 valence electrons. The summed E-state index contributed by atoms with van der Waals surface area (Å²) in [6.07, 6.45) is 0.813. The number of amidine groups is 1. The first-order valence-electron chi connectivity index (χ1n) is 6.73. The van der Waals surface area contributed by atoms with Crippen molar-refractivity contribution in [3.05, 3.63) is 33.3 Å². The van der Waals surface area contributed by atoms with Crippen LogP contribution in [0.1, 0.15) is 13.3 Å². The van der Waals surface area contributed by atoms with Crippen LogP contribution in [0.25, 0.3) is 0 Å². The average Bonchev–Trinajstić information content (AvgIpc) is 2.92. The molecule has 1 N–H and O–H groups in total. The summed E-state index contributed by atoms with van der Waals surface area (Å²) in [5, 5.41) is 14.7. The number of nitro benzene ring substituents is 1. The number of carbonyl (C=O) groups excluding carboxylic acids is 1. The minimum absolute atomic E-state index is 0.0615. The topological polar surface area (TPSA) is 87.8 Å². The number of halogens is 1. The van der Waals surface area contributed by atoms with Crippen LogP contribution in [0.4, 0.5) is 16.2 Å². The number of hydrogen-bond acceptors (Lipinski definition) is 4. The van der Waals surface area contributed by atoms with Crippen LogP contribution in [0.5, 0.6) is 0 Å². The summed E-state index contributed by atoms with van der Waals surface area (Å²) in [6, 6.07) is 3.90. The van der Waals surface area contributed by atoms with Crippen molar-refractivity contribution in [1.29, 1.82) is 0 Å². The number of anilines is 1. The summed E-state index contributed by atoms with van der Waals surface area (Å²) in [7, 11) is 0. The van der Waals surface area contributed by atoms with Crippen molar-refractivity contribution in [3.63, 3.8) is 0 Å². The number of carbonyl (C=O) groups is 1. The number of nitrogens with zero attached hydrogens (tertiary/aromatic N) is 3. The van der Waals surface area contributed by atoms with E-state index in [9.17, 15) is 14.9 Å². The van der Waals surface area contributed by atoms with Gasteiger partial charge >= 0.3 is 6.03 Å². The lowest BCUT2D eigenvalue weighted by Crippen LogP contribution is -2.28. The van der Waals surface area contributed by atoms with Crippen LogP contribution >= 0.6 is 23.4 Å². The van der Waals surface area contributed by atoms with E-state index in [0.717, 1.165) is 6.42 Å². The van der Waals surface area contributed by atoms with E-state index >= 15 is 0 Å². The van der Waals surface area contributed by atoms with E-state index in [1.54, 1.807) is 4.90 Å². The molecule has 1 heterocycles.